The standard InChI is InChI=1S/C4H10ClP/c1-2-3-4(5)6/h4H,2-3,6H2,1H3. The lowest BCUT2D eigenvalue weighted by Crippen LogP contribution is -1.79. The largest absolute Gasteiger partial charge is 0.119 e. The second-order valence-electron chi connectivity index (χ2n) is 1.30. The Kier molecular flexibility index (Phi) is 4.36. The van der Waals surface area contributed by atoms with Crippen LogP contribution in [0.4, 0.5) is 0 Å². The van der Waals surface area contributed by atoms with E-state index in [1.54, 1.807) is 0 Å². The minimum absolute atomic E-state index is 0.287. The average Bonchev–Trinajstić information content (AvgIpc) is 1.35. The summed E-state index contributed by atoms with van der Waals surface area (Å²) in [5, 5.41) is 0.287. The molecular formula is C4H10ClP. The van der Waals surface area contributed by atoms with Crippen LogP contribution in [0.1, 0.15) is 19.8 Å². The molecule has 0 fully saturated rings. The van der Waals surface area contributed by atoms with Crippen molar-refractivity contribution in [1.82, 2.24) is 0 Å². The van der Waals surface area contributed by atoms with Crippen molar-refractivity contribution in [3.05, 3.63) is 0 Å². The second kappa shape index (κ2) is 3.89. The summed E-state index contributed by atoms with van der Waals surface area (Å²) in [6.07, 6.45) is 2.28. The van der Waals surface area contributed by atoms with Crippen LogP contribution in [0.25, 0.3) is 0 Å². The van der Waals surface area contributed by atoms with Gasteiger partial charge < -0.3 is 0 Å². The monoisotopic (exact) mass is 124 g/mol. The normalized spacial score (nSPS) is 14.5. The maximum absolute atomic E-state index is 5.54. The molecule has 2 heteroatoms. The van der Waals surface area contributed by atoms with Gasteiger partial charge in [-0.3, -0.25) is 0 Å². The van der Waals surface area contributed by atoms with E-state index in [-0.39, 0.29) is 5.12 Å². The summed E-state index contributed by atoms with van der Waals surface area (Å²) in [6, 6.07) is 0. The van der Waals surface area contributed by atoms with Gasteiger partial charge in [-0.25, -0.2) is 0 Å². The maximum Gasteiger partial charge on any atom is 0.0476 e. The Morgan fingerprint density at radius 1 is 1.83 bits per heavy atom. The molecule has 0 nitrogen and oxygen atoms in total. The van der Waals surface area contributed by atoms with Crippen molar-refractivity contribution in [2.45, 2.75) is 24.9 Å². The minimum atomic E-state index is 0.287. The highest BCUT2D eigenvalue weighted by molar-refractivity contribution is 7.21. The molecule has 2 unspecified atom stereocenters. The van der Waals surface area contributed by atoms with Crippen LogP contribution in [0, 0.1) is 0 Å². The lowest BCUT2D eigenvalue weighted by molar-refractivity contribution is 0.865. The number of rotatable bonds is 2. The van der Waals surface area contributed by atoms with Crippen LogP contribution in [-0.2, 0) is 0 Å². The van der Waals surface area contributed by atoms with E-state index in [2.05, 4.69) is 16.2 Å². The van der Waals surface area contributed by atoms with E-state index in [0.717, 1.165) is 6.42 Å². The third-order valence-corrected chi connectivity index (χ3v) is 1.12. The van der Waals surface area contributed by atoms with Crippen molar-refractivity contribution in [2.24, 2.45) is 0 Å². The van der Waals surface area contributed by atoms with Crippen molar-refractivity contribution >= 4 is 20.8 Å². The Morgan fingerprint density at radius 2 is 2.33 bits per heavy atom. The van der Waals surface area contributed by atoms with E-state index in [1.807, 2.05) is 0 Å². The highest BCUT2D eigenvalue weighted by Gasteiger charge is 1.88. The average molecular weight is 125 g/mol. The molecule has 0 aliphatic rings. The summed E-state index contributed by atoms with van der Waals surface area (Å²) in [6.45, 7) is 2.12. The van der Waals surface area contributed by atoms with Gasteiger partial charge in [-0.1, -0.05) is 13.3 Å². The predicted molar refractivity (Wildman–Crippen MR) is 34.3 cm³/mol. The molecule has 0 N–H and O–H groups in total. The van der Waals surface area contributed by atoms with Crippen LogP contribution < -0.4 is 0 Å². The molecule has 6 heavy (non-hydrogen) atoms. The zero-order valence-corrected chi connectivity index (χ0v) is 5.86. The summed E-state index contributed by atoms with van der Waals surface area (Å²) in [5.74, 6) is 0. The Morgan fingerprint density at radius 3 is 2.33 bits per heavy atom. The van der Waals surface area contributed by atoms with Crippen molar-refractivity contribution < 1.29 is 0 Å². The molecule has 0 aliphatic heterocycles. The molecule has 0 radical (unpaired) electrons. The van der Waals surface area contributed by atoms with E-state index in [4.69, 9.17) is 11.6 Å². The van der Waals surface area contributed by atoms with E-state index < -0.39 is 0 Å². The van der Waals surface area contributed by atoms with Gasteiger partial charge in [0.1, 0.15) is 0 Å². The summed E-state index contributed by atoms with van der Waals surface area (Å²) >= 11 is 5.54. The quantitative estimate of drug-likeness (QED) is 0.391. The van der Waals surface area contributed by atoms with Gasteiger partial charge in [0, 0.05) is 5.12 Å². The van der Waals surface area contributed by atoms with Gasteiger partial charge in [0.2, 0.25) is 0 Å². The fourth-order valence-electron chi connectivity index (χ4n) is 0.276. The third-order valence-electron chi connectivity index (χ3n) is 0.564. The van der Waals surface area contributed by atoms with Crippen molar-refractivity contribution in [3.63, 3.8) is 0 Å². The molecule has 0 saturated heterocycles. The first-order valence-electron chi connectivity index (χ1n) is 2.17. The summed E-state index contributed by atoms with van der Waals surface area (Å²) in [4.78, 5) is 0. The summed E-state index contributed by atoms with van der Waals surface area (Å²) in [7, 11) is 2.54. The lowest BCUT2D eigenvalue weighted by atomic mass is 10.4. The molecule has 38 valence electrons. The Labute approximate surface area is 46.5 Å². The van der Waals surface area contributed by atoms with Gasteiger partial charge in [0.25, 0.3) is 0 Å². The molecule has 0 spiro atoms. The number of alkyl halides is 1. The Hall–Kier alpha value is 0.720. The SMILES string of the molecule is CCCC(P)Cl. The van der Waals surface area contributed by atoms with E-state index >= 15 is 0 Å². The van der Waals surface area contributed by atoms with Crippen LogP contribution in [0.2, 0.25) is 0 Å². The lowest BCUT2D eigenvalue weighted by Gasteiger charge is -1.93. The van der Waals surface area contributed by atoms with E-state index in [0.29, 0.717) is 0 Å². The number of hydrogen-bond donors (Lipinski definition) is 0. The molecule has 0 saturated carbocycles. The van der Waals surface area contributed by atoms with Crippen LogP contribution in [0.15, 0.2) is 0 Å². The first-order chi connectivity index (χ1) is 2.77. The molecule has 0 amide bonds. The third kappa shape index (κ3) is 4.72. The van der Waals surface area contributed by atoms with Gasteiger partial charge in [0.05, 0.1) is 0 Å². The molecule has 0 aliphatic carbocycles. The van der Waals surface area contributed by atoms with Gasteiger partial charge in [-0.15, -0.1) is 20.8 Å². The van der Waals surface area contributed by atoms with Crippen molar-refractivity contribution in [3.8, 4) is 0 Å². The fourth-order valence-corrected chi connectivity index (χ4v) is 0.827. The minimum Gasteiger partial charge on any atom is -0.119 e. The predicted octanol–water partition coefficient (Wildman–Crippen LogP) is 2.23. The van der Waals surface area contributed by atoms with Gasteiger partial charge in [-0.05, 0) is 6.42 Å². The summed E-state index contributed by atoms with van der Waals surface area (Å²) < 4.78 is 0. The molecular weight excluding hydrogens is 114 g/mol. The maximum atomic E-state index is 5.54. The van der Waals surface area contributed by atoms with Crippen molar-refractivity contribution in [1.29, 1.82) is 0 Å². The molecule has 0 bridgehead atoms. The first-order valence-corrected chi connectivity index (χ1v) is 3.27. The number of hydrogen-bond acceptors (Lipinski definition) is 0. The molecule has 0 rings (SSSR count). The van der Waals surface area contributed by atoms with E-state index in [9.17, 15) is 0 Å². The highest BCUT2D eigenvalue weighted by atomic mass is 35.5. The molecule has 0 heterocycles. The van der Waals surface area contributed by atoms with Crippen LogP contribution in [0.5, 0.6) is 0 Å². The molecule has 0 aromatic carbocycles. The molecule has 2 atom stereocenters. The molecule has 0 aromatic heterocycles. The van der Waals surface area contributed by atoms with Crippen LogP contribution in [0.3, 0.4) is 0 Å². The van der Waals surface area contributed by atoms with E-state index in [1.165, 1.54) is 6.42 Å². The van der Waals surface area contributed by atoms with Crippen LogP contribution in [-0.4, -0.2) is 5.12 Å². The topological polar surface area (TPSA) is 0 Å². The molecule has 0 aromatic rings. The zero-order chi connectivity index (χ0) is 4.99. The zero-order valence-electron chi connectivity index (χ0n) is 3.95. The highest BCUT2D eigenvalue weighted by Crippen LogP contribution is 2.10. The first kappa shape index (κ1) is 6.72. The summed E-state index contributed by atoms with van der Waals surface area (Å²) in [5.41, 5.74) is 0. The van der Waals surface area contributed by atoms with Gasteiger partial charge in [0.15, 0.2) is 0 Å². The smallest absolute Gasteiger partial charge is 0.0476 e. The Balaban J connectivity index is 2.63. The van der Waals surface area contributed by atoms with Gasteiger partial charge >= 0.3 is 0 Å². The number of halogens is 1. The van der Waals surface area contributed by atoms with Crippen molar-refractivity contribution in [2.75, 3.05) is 0 Å². The Bertz CT molecular complexity index is 28.7. The van der Waals surface area contributed by atoms with Gasteiger partial charge in [-0.2, -0.15) is 0 Å². The van der Waals surface area contributed by atoms with Crippen LogP contribution >= 0.6 is 20.8 Å². The second-order valence-corrected chi connectivity index (χ2v) is 3.09. The fraction of sp³-hybridized carbons (Fsp3) is 1.00.